The molecule has 0 atom stereocenters. The van der Waals surface area contributed by atoms with Gasteiger partial charge in [0.25, 0.3) is 0 Å². The van der Waals surface area contributed by atoms with Crippen LogP contribution in [0.2, 0.25) is 0 Å². The summed E-state index contributed by atoms with van der Waals surface area (Å²) in [4.78, 5) is 12.0. The summed E-state index contributed by atoms with van der Waals surface area (Å²) in [6.45, 7) is 1.88. The van der Waals surface area contributed by atoms with E-state index >= 15 is 0 Å². The Morgan fingerprint density at radius 1 is 1.05 bits per heavy atom. The molecule has 2 N–H and O–H groups in total. The number of furan rings is 1. The van der Waals surface area contributed by atoms with Crippen LogP contribution in [-0.4, -0.2) is 9.97 Å². The largest absolute Gasteiger partial charge is 0.450 e. The van der Waals surface area contributed by atoms with Gasteiger partial charge >= 0.3 is 0 Å². The Morgan fingerprint density at radius 2 is 1.86 bits per heavy atom. The van der Waals surface area contributed by atoms with Crippen molar-refractivity contribution in [2.24, 2.45) is 0 Å². The minimum atomic E-state index is 0.676. The maximum Gasteiger partial charge on any atom is 0.196 e. The summed E-state index contributed by atoms with van der Waals surface area (Å²) >= 11 is 0. The van der Waals surface area contributed by atoms with Gasteiger partial charge in [0.05, 0.1) is 5.69 Å². The molecule has 0 fully saturated rings. The lowest BCUT2D eigenvalue weighted by Gasteiger charge is -2.05. The van der Waals surface area contributed by atoms with E-state index < -0.39 is 0 Å². The van der Waals surface area contributed by atoms with Crippen LogP contribution in [-0.2, 0) is 0 Å². The lowest BCUT2D eigenvalue weighted by Crippen LogP contribution is -2.01. The lowest BCUT2D eigenvalue weighted by molar-refractivity contribution is -0.377. The van der Waals surface area contributed by atoms with Gasteiger partial charge in [0.15, 0.2) is 23.8 Å². The average molecular weight is 277 g/mol. The molecule has 5 heteroatoms. The molecule has 1 aromatic carbocycles. The number of benzene rings is 1. The molecule has 4 aromatic rings. The Kier molecular flexibility index (Phi) is 2.57. The number of H-pyrrole nitrogens is 1. The maximum atomic E-state index is 5.92. The molecular formula is C16H13N4O+. The highest BCUT2D eigenvalue weighted by Gasteiger charge is 2.14. The summed E-state index contributed by atoms with van der Waals surface area (Å²) in [6, 6.07) is 11.8. The predicted molar refractivity (Wildman–Crippen MR) is 80.3 cm³/mol. The van der Waals surface area contributed by atoms with E-state index in [0.717, 1.165) is 22.2 Å². The molecule has 0 saturated heterocycles. The highest BCUT2D eigenvalue weighted by molar-refractivity contribution is 6.05. The third-order valence-electron chi connectivity index (χ3n) is 3.31. The number of rotatable bonds is 2. The van der Waals surface area contributed by atoms with E-state index in [1.807, 2.05) is 55.7 Å². The first-order valence-corrected chi connectivity index (χ1v) is 6.70. The first-order valence-electron chi connectivity index (χ1n) is 6.70. The van der Waals surface area contributed by atoms with Crippen molar-refractivity contribution in [2.45, 2.75) is 6.92 Å². The summed E-state index contributed by atoms with van der Waals surface area (Å²) in [6.07, 6.45) is 3.71. The van der Waals surface area contributed by atoms with E-state index in [-0.39, 0.29) is 0 Å². The number of hydrogen-bond acceptors (Lipinski definition) is 4. The molecule has 21 heavy (non-hydrogen) atoms. The zero-order chi connectivity index (χ0) is 14.2. The van der Waals surface area contributed by atoms with Gasteiger partial charge in [-0.3, -0.25) is 0 Å². The molecule has 0 radical (unpaired) electrons. The minimum absolute atomic E-state index is 0.676. The number of aromatic amines is 1. The lowest BCUT2D eigenvalue weighted by atomic mass is 10.2. The van der Waals surface area contributed by atoms with Gasteiger partial charge in [0.2, 0.25) is 0 Å². The van der Waals surface area contributed by atoms with Crippen LogP contribution in [0.15, 0.2) is 53.2 Å². The number of fused-ring (bicyclic) bond motifs is 3. The smallest absolute Gasteiger partial charge is 0.196 e. The van der Waals surface area contributed by atoms with Gasteiger partial charge in [-0.25, -0.2) is 15.0 Å². The van der Waals surface area contributed by atoms with Gasteiger partial charge in [0, 0.05) is 17.5 Å². The molecular weight excluding hydrogens is 264 g/mol. The van der Waals surface area contributed by atoms with Crippen molar-refractivity contribution < 1.29 is 9.40 Å². The monoisotopic (exact) mass is 277 g/mol. The topological polar surface area (TPSA) is 65.1 Å². The Bertz CT molecular complexity index is 931. The zero-order valence-electron chi connectivity index (χ0n) is 11.4. The Balaban J connectivity index is 1.96. The van der Waals surface area contributed by atoms with E-state index in [1.54, 1.807) is 0 Å². The predicted octanol–water partition coefficient (Wildman–Crippen LogP) is 3.24. The molecule has 0 saturated carbocycles. The van der Waals surface area contributed by atoms with Crippen LogP contribution in [0.5, 0.6) is 0 Å². The van der Waals surface area contributed by atoms with Crippen molar-refractivity contribution in [2.75, 3.05) is 5.32 Å². The molecule has 0 unspecified atom stereocenters. The molecule has 5 nitrogen and oxygen atoms in total. The third-order valence-corrected chi connectivity index (χ3v) is 3.31. The van der Waals surface area contributed by atoms with E-state index in [2.05, 4.69) is 20.3 Å². The van der Waals surface area contributed by atoms with Crippen LogP contribution in [0.3, 0.4) is 0 Å². The summed E-state index contributed by atoms with van der Waals surface area (Å²) in [7, 11) is 0. The van der Waals surface area contributed by atoms with Crippen LogP contribution in [0, 0.1) is 6.92 Å². The van der Waals surface area contributed by atoms with Gasteiger partial charge in [0.1, 0.15) is 16.9 Å². The van der Waals surface area contributed by atoms with Crippen molar-refractivity contribution in [3.8, 4) is 0 Å². The number of nitrogens with one attached hydrogen (secondary N) is 2. The second-order valence-corrected chi connectivity index (χ2v) is 4.81. The fourth-order valence-corrected chi connectivity index (χ4v) is 2.39. The van der Waals surface area contributed by atoms with Crippen molar-refractivity contribution >= 4 is 33.6 Å². The van der Waals surface area contributed by atoms with Gasteiger partial charge < -0.3 is 9.73 Å². The van der Waals surface area contributed by atoms with Crippen molar-refractivity contribution in [1.29, 1.82) is 0 Å². The molecule has 0 aliphatic heterocycles. The van der Waals surface area contributed by atoms with Crippen molar-refractivity contribution in [3.63, 3.8) is 0 Å². The number of nitrogens with zero attached hydrogens (tertiary/aromatic N) is 2. The van der Waals surface area contributed by atoms with Crippen LogP contribution in [0.25, 0.3) is 22.1 Å². The van der Waals surface area contributed by atoms with Gasteiger partial charge in [-0.05, 0) is 19.1 Å². The highest BCUT2D eigenvalue weighted by Crippen LogP contribution is 2.32. The van der Waals surface area contributed by atoms with E-state index in [0.29, 0.717) is 17.2 Å². The maximum absolute atomic E-state index is 5.92. The molecule has 102 valence electrons. The van der Waals surface area contributed by atoms with E-state index in [4.69, 9.17) is 4.42 Å². The normalized spacial score (nSPS) is 11.1. The fraction of sp³-hybridized carbons (Fsp3) is 0.0625. The highest BCUT2D eigenvalue weighted by atomic mass is 16.3. The first-order chi connectivity index (χ1) is 10.3. The Morgan fingerprint density at radius 3 is 2.71 bits per heavy atom. The molecule has 4 rings (SSSR count). The SMILES string of the molecule is Cc1nc(Nc2cc[nH+]cc2)c2oc3ccccc3c2n1. The number of hydrogen-bond donors (Lipinski definition) is 1. The number of aryl methyl sites for hydroxylation is 1. The van der Waals surface area contributed by atoms with Crippen molar-refractivity contribution in [3.05, 3.63) is 54.6 Å². The zero-order valence-corrected chi connectivity index (χ0v) is 11.4. The number of pyridine rings is 1. The summed E-state index contributed by atoms with van der Waals surface area (Å²) < 4.78 is 5.92. The first kappa shape index (κ1) is 11.8. The molecule has 0 spiro atoms. The number of anilines is 2. The number of aromatic nitrogens is 3. The second-order valence-electron chi connectivity index (χ2n) is 4.81. The van der Waals surface area contributed by atoms with Gasteiger partial charge in [-0.2, -0.15) is 0 Å². The molecule has 0 aliphatic rings. The van der Waals surface area contributed by atoms with Crippen LogP contribution in [0.1, 0.15) is 5.82 Å². The second kappa shape index (κ2) is 4.56. The third kappa shape index (κ3) is 1.99. The standard InChI is InChI=1S/C16H12N4O/c1-10-18-14-12-4-2-3-5-13(12)21-15(14)16(19-10)20-11-6-8-17-9-7-11/h2-9H,1H3,(H,17,18,19,20)/p+1. The summed E-state index contributed by atoms with van der Waals surface area (Å²) in [5.74, 6) is 1.39. The van der Waals surface area contributed by atoms with Gasteiger partial charge in [-0.1, -0.05) is 12.1 Å². The Labute approximate surface area is 120 Å². The van der Waals surface area contributed by atoms with Gasteiger partial charge in [-0.15, -0.1) is 0 Å². The molecule has 3 heterocycles. The molecule has 0 aliphatic carbocycles. The van der Waals surface area contributed by atoms with Crippen molar-refractivity contribution in [1.82, 2.24) is 9.97 Å². The quantitative estimate of drug-likeness (QED) is 0.611. The van der Waals surface area contributed by atoms with E-state index in [9.17, 15) is 0 Å². The van der Waals surface area contributed by atoms with Crippen LogP contribution in [0.4, 0.5) is 11.5 Å². The van der Waals surface area contributed by atoms with Crippen LogP contribution < -0.4 is 10.3 Å². The minimum Gasteiger partial charge on any atom is -0.450 e. The molecule has 0 amide bonds. The van der Waals surface area contributed by atoms with E-state index in [1.165, 1.54) is 0 Å². The summed E-state index contributed by atoms with van der Waals surface area (Å²) in [5.41, 5.74) is 3.27. The fourth-order valence-electron chi connectivity index (χ4n) is 2.39. The Hall–Kier alpha value is -2.95. The molecule has 0 bridgehead atoms. The van der Waals surface area contributed by atoms with Crippen LogP contribution >= 0.6 is 0 Å². The average Bonchev–Trinajstić information content (AvgIpc) is 2.87. The summed E-state index contributed by atoms with van der Waals surface area (Å²) in [5, 5.41) is 4.29. The number of para-hydroxylation sites is 1. The molecule has 3 aromatic heterocycles.